The van der Waals surface area contributed by atoms with Crippen molar-refractivity contribution in [3.63, 3.8) is 0 Å². The second-order valence-electron chi connectivity index (χ2n) is 9.73. The Balaban J connectivity index is 1.53. The standard InChI is InChI=1S/C27H28ClN5O2S2/c1-17(2)15-33-26(35)22(37-27(33)36)14-21-24(29-23-8-7-18(3)16-32(23)25(21)34)31-11-9-30(10-12-31)20-6-4-5-19(28)13-20/h4-8,13-14,16-17H,9-12,15H2,1-3H3/b22-14-. The van der Waals surface area contributed by atoms with Crippen LogP contribution in [0.4, 0.5) is 11.5 Å². The van der Waals surface area contributed by atoms with Crippen molar-refractivity contribution in [1.82, 2.24) is 14.3 Å². The summed E-state index contributed by atoms with van der Waals surface area (Å²) in [6.45, 7) is 9.44. The molecule has 0 spiro atoms. The summed E-state index contributed by atoms with van der Waals surface area (Å²) >= 11 is 12.9. The van der Waals surface area contributed by atoms with Gasteiger partial charge in [-0.1, -0.05) is 61.6 Å². The number of aryl methyl sites for hydroxylation is 1. The van der Waals surface area contributed by atoms with Crippen LogP contribution in [-0.2, 0) is 4.79 Å². The Morgan fingerprint density at radius 1 is 1.11 bits per heavy atom. The summed E-state index contributed by atoms with van der Waals surface area (Å²) in [6.07, 6.45) is 3.47. The number of fused-ring (bicyclic) bond motifs is 1. The number of amides is 1. The van der Waals surface area contributed by atoms with E-state index in [2.05, 4.69) is 15.9 Å². The molecule has 2 aromatic heterocycles. The third-order valence-corrected chi connectivity index (χ3v) is 8.05. The number of nitrogens with zero attached hydrogens (tertiary/aromatic N) is 5. The van der Waals surface area contributed by atoms with Crippen LogP contribution < -0.4 is 15.4 Å². The van der Waals surface area contributed by atoms with Crippen LogP contribution in [0.2, 0.25) is 5.02 Å². The molecular weight excluding hydrogens is 526 g/mol. The molecule has 0 aliphatic carbocycles. The number of anilines is 2. The van der Waals surface area contributed by atoms with Crippen molar-refractivity contribution in [2.24, 2.45) is 5.92 Å². The van der Waals surface area contributed by atoms with Crippen LogP contribution in [0, 0.1) is 12.8 Å². The zero-order valence-electron chi connectivity index (χ0n) is 21.0. The molecule has 0 N–H and O–H groups in total. The van der Waals surface area contributed by atoms with Crippen molar-refractivity contribution in [3.8, 4) is 0 Å². The van der Waals surface area contributed by atoms with Crippen LogP contribution >= 0.6 is 35.6 Å². The first kappa shape index (κ1) is 25.8. The van der Waals surface area contributed by atoms with Gasteiger partial charge in [0.25, 0.3) is 11.5 Å². The third-order valence-electron chi connectivity index (χ3n) is 6.43. The summed E-state index contributed by atoms with van der Waals surface area (Å²) in [5.41, 5.74) is 2.81. The predicted molar refractivity (Wildman–Crippen MR) is 157 cm³/mol. The van der Waals surface area contributed by atoms with Crippen molar-refractivity contribution in [2.45, 2.75) is 20.8 Å². The van der Waals surface area contributed by atoms with Gasteiger partial charge in [0, 0.05) is 49.6 Å². The number of rotatable bonds is 5. The molecule has 0 unspecified atom stereocenters. The maximum Gasteiger partial charge on any atom is 0.267 e. The number of hydrogen-bond donors (Lipinski definition) is 0. The molecule has 1 aromatic carbocycles. The number of hydrogen-bond acceptors (Lipinski definition) is 7. The Kier molecular flexibility index (Phi) is 7.29. The van der Waals surface area contributed by atoms with Gasteiger partial charge in [-0.25, -0.2) is 4.98 Å². The molecule has 5 rings (SSSR count). The first-order valence-corrected chi connectivity index (χ1v) is 13.9. The highest BCUT2D eigenvalue weighted by molar-refractivity contribution is 8.26. The van der Waals surface area contributed by atoms with Gasteiger partial charge < -0.3 is 9.80 Å². The topological polar surface area (TPSA) is 61.2 Å². The van der Waals surface area contributed by atoms with Crippen molar-refractivity contribution < 1.29 is 4.79 Å². The molecule has 192 valence electrons. The van der Waals surface area contributed by atoms with E-state index >= 15 is 0 Å². The summed E-state index contributed by atoms with van der Waals surface area (Å²) < 4.78 is 2.08. The summed E-state index contributed by atoms with van der Waals surface area (Å²) in [5, 5.41) is 0.705. The van der Waals surface area contributed by atoms with E-state index in [0.29, 0.717) is 50.9 Å². The van der Waals surface area contributed by atoms with E-state index in [4.69, 9.17) is 28.8 Å². The number of aromatic nitrogens is 2. The second kappa shape index (κ2) is 10.5. The predicted octanol–water partition coefficient (Wildman–Crippen LogP) is 4.84. The lowest BCUT2D eigenvalue weighted by Crippen LogP contribution is -2.47. The van der Waals surface area contributed by atoms with Crippen molar-refractivity contribution in [3.05, 3.63) is 74.0 Å². The van der Waals surface area contributed by atoms with Crippen LogP contribution in [-0.4, -0.2) is 57.2 Å². The largest absolute Gasteiger partial charge is 0.368 e. The van der Waals surface area contributed by atoms with E-state index < -0.39 is 0 Å². The smallest absolute Gasteiger partial charge is 0.267 e. The molecule has 3 aromatic rings. The van der Waals surface area contributed by atoms with Crippen molar-refractivity contribution >= 4 is 69.0 Å². The second-order valence-corrected chi connectivity index (χ2v) is 11.8. The van der Waals surface area contributed by atoms with Gasteiger partial charge >= 0.3 is 0 Å². The number of carbonyl (C=O) groups is 1. The molecule has 1 amide bonds. The molecule has 2 fully saturated rings. The van der Waals surface area contributed by atoms with Crippen LogP contribution in [0.1, 0.15) is 25.0 Å². The lowest BCUT2D eigenvalue weighted by Gasteiger charge is -2.37. The van der Waals surface area contributed by atoms with E-state index in [1.54, 1.807) is 21.6 Å². The van der Waals surface area contributed by atoms with Gasteiger partial charge in [0.05, 0.1) is 10.5 Å². The minimum absolute atomic E-state index is 0.158. The van der Waals surface area contributed by atoms with Crippen molar-refractivity contribution in [1.29, 1.82) is 0 Å². The Hall–Kier alpha value is -2.88. The number of carbonyl (C=O) groups excluding carboxylic acids is 1. The number of thioether (sulfide) groups is 1. The highest BCUT2D eigenvalue weighted by atomic mass is 35.5. The normalized spacial score (nSPS) is 17.6. The molecule has 10 heteroatoms. The summed E-state index contributed by atoms with van der Waals surface area (Å²) in [5.74, 6) is 0.715. The molecule has 2 saturated heterocycles. The van der Waals surface area contributed by atoms with E-state index in [-0.39, 0.29) is 17.4 Å². The Labute approximate surface area is 230 Å². The SMILES string of the molecule is Cc1ccc2nc(N3CCN(c4cccc(Cl)c4)CC3)c(/C=C3\SC(=S)N(CC(C)C)C3=O)c(=O)n2c1. The van der Waals surface area contributed by atoms with E-state index in [0.717, 1.165) is 24.3 Å². The third kappa shape index (κ3) is 5.26. The zero-order valence-corrected chi connectivity index (χ0v) is 23.4. The molecule has 0 bridgehead atoms. The quantitative estimate of drug-likeness (QED) is 0.331. The summed E-state index contributed by atoms with van der Waals surface area (Å²) in [4.78, 5) is 38.3. The van der Waals surface area contributed by atoms with Gasteiger partial charge in [-0.3, -0.25) is 18.9 Å². The molecule has 0 atom stereocenters. The molecule has 7 nitrogen and oxygen atoms in total. The number of pyridine rings is 1. The molecular formula is C27H28ClN5O2S2. The van der Waals surface area contributed by atoms with Gasteiger partial charge in [-0.05, 0) is 48.7 Å². The fourth-order valence-electron chi connectivity index (χ4n) is 4.62. The molecule has 0 radical (unpaired) electrons. The average molecular weight is 554 g/mol. The van der Waals surface area contributed by atoms with Crippen LogP contribution in [0.15, 0.2) is 52.3 Å². The number of halogens is 1. The Bertz CT molecular complexity index is 1480. The monoisotopic (exact) mass is 553 g/mol. The molecule has 2 aliphatic rings. The van der Waals surface area contributed by atoms with Gasteiger partial charge in [0.15, 0.2) is 0 Å². The highest BCUT2D eigenvalue weighted by Crippen LogP contribution is 2.34. The molecule has 0 saturated carbocycles. The van der Waals surface area contributed by atoms with Crippen LogP contribution in [0.5, 0.6) is 0 Å². The molecule has 2 aliphatic heterocycles. The van der Waals surface area contributed by atoms with Crippen LogP contribution in [0.25, 0.3) is 11.7 Å². The Morgan fingerprint density at radius 3 is 2.54 bits per heavy atom. The highest BCUT2D eigenvalue weighted by Gasteiger charge is 2.33. The maximum atomic E-state index is 13.8. The maximum absolute atomic E-state index is 13.8. The fraction of sp³-hybridized carbons (Fsp3) is 0.333. The fourth-order valence-corrected chi connectivity index (χ4v) is 6.06. The van der Waals surface area contributed by atoms with Gasteiger partial charge in [-0.15, -0.1) is 0 Å². The van der Waals surface area contributed by atoms with Gasteiger partial charge in [0.2, 0.25) is 0 Å². The minimum atomic E-state index is -0.199. The molecule has 37 heavy (non-hydrogen) atoms. The van der Waals surface area contributed by atoms with E-state index in [1.165, 1.54) is 11.8 Å². The van der Waals surface area contributed by atoms with E-state index in [9.17, 15) is 9.59 Å². The average Bonchev–Trinajstić information content (AvgIpc) is 3.13. The van der Waals surface area contributed by atoms with Crippen LogP contribution in [0.3, 0.4) is 0 Å². The summed E-state index contributed by atoms with van der Waals surface area (Å²) in [6, 6.07) is 11.6. The lowest BCUT2D eigenvalue weighted by molar-refractivity contribution is -0.122. The van der Waals surface area contributed by atoms with Gasteiger partial charge in [0.1, 0.15) is 15.8 Å². The first-order valence-electron chi connectivity index (χ1n) is 12.2. The zero-order chi connectivity index (χ0) is 26.3. The van der Waals surface area contributed by atoms with Gasteiger partial charge in [-0.2, -0.15) is 0 Å². The van der Waals surface area contributed by atoms with Crippen molar-refractivity contribution in [2.75, 3.05) is 42.5 Å². The minimum Gasteiger partial charge on any atom is -0.368 e. The summed E-state index contributed by atoms with van der Waals surface area (Å²) in [7, 11) is 0. The number of benzene rings is 1. The number of thiocarbonyl (C=S) groups is 1. The number of piperazine rings is 1. The van der Waals surface area contributed by atoms with E-state index in [1.807, 2.05) is 51.1 Å². The lowest BCUT2D eigenvalue weighted by atomic mass is 10.2. The Morgan fingerprint density at radius 2 is 1.84 bits per heavy atom. The molecule has 4 heterocycles. The first-order chi connectivity index (χ1) is 17.7.